The van der Waals surface area contributed by atoms with E-state index in [-0.39, 0.29) is 16.9 Å². The molecule has 3 aliphatic rings. The number of phenolic OH excluding ortho intramolecular Hbond substituents is 7. The smallest absolute Gasteiger partial charge is 0.331 e. The van der Waals surface area contributed by atoms with Crippen molar-refractivity contribution < 1.29 is 118 Å². The molecule has 4 heterocycles. The summed E-state index contributed by atoms with van der Waals surface area (Å²) < 4.78 is 53.2. The van der Waals surface area contributed by atoms with E-state index in [4.69, 9.17) is 42.3 Å². The van der Waals surface area contributed by atoms with Crippen LogP contribution in [0.3, 0.4) is 0 Å². The van der Waals surface area contributed by atoms with Crippen LogP contribution in [0.15, 0.2) is 94.2 Å². The van der Waals surface area contributed by atoms with Crippen LogP contribution in [-0.2, 0) is 42.7 Å². The van der Waals surface area contributed by atoms with Gasteiger partial charge in [-0.3, -0.25) is 4.79 Å². The van der Waals surface area contributed by atoms with E-state index in [0.717, 1.165) is 42.5 Å². The van der Waals surface area contributed by atoms with Gasteiger partial charge in [0.1, 0.15) is 70.9 Å². The topological polar surface area (TPSA) is 401 Å². The SMILES string of the molecule is C[C@@H]1O[C@@H](OC[C@H]2O[C@@H](Oc3c(-c4ccc(O)c(O)c4)oc4cc(O)cc(O)c4c3=O)[C@H](O[C@@H]3O[C@@H](C)[C@H](OC(=O)/C=C/c4ccc(O)c(O)c4)[C@@H](O)[C@H]3O)[C@@H](OC(=O)/C=C\c3ccc(O)cc3)[C@H]2O)[C@H](O)[C@H](O)[C@H]1O. The van der Waals surface area contributed by atoms with Gasteiger partial charge in [0, 0.05) is 29.8 Å². The van der Waals surface area contributed by atoms with Crippen LogP contribution in [-0.4, -0.2) is 177 Å². The summed E-state index contributed by atoms with van der Waals surface area (Å²) in [5.74, 6) is -7.38. The zero-order chi connectivity index (χ0) is 54.9. The van der Waals surface area contributed by atoms with E-state index < -0.39 is 173 Å². The normalized spacial score (nSPS) is 29.9. The van der Waals surface area contributed by atoms with Crippen LogP contribution in [0.5, 0.6) is 46.0 Å². The van der Waals surface area contributed by atoms with Gasteiger partial charge in [0.2, 0.25) is 17.5 Å². The summed E-state index contributed by atoms with van der Waals surface area (Å²) in [5, 5.41) is 137. The first-order valence-corrected chi connectivity index (χ1v) is 23.2. The van der Waals surface area contributed by atoms with Crippen LogP contribution in [0.2, 0.25) is 0 Å². The summed E-state index contributed by atoms with van der Waals surface area (Å²) in [6, 6.07) is 14.1. The molecule has 25 heteroatoms. The van der Waals surface area contributed by atoms with E-state index in [9.17, 15) is 80.8 Å². The standard InChI is InChI=1S/C51H52O25/c1-20-37(61)40(64)42(66)49(69-20)68-19-33-38(62)46(74-35(60)13-6-22-3-9-25(52)10-4-22)48(76-50-43(67)41(65)44(21(2)70-50)73-34(59)14-7-23-5-11-27(54)29(56)15-23)51(72-33)75-47-39(63)36-31(58)17-26(53)18-32(36)71-45(47)24-8-12-28(55)30(57)16-24/h3-18,20-21,33,37-38,40-44,46,48-58,61-62,64-67H,19H2,1-2H3/b13-6-,14-7+/t20-,21-,33+,37-,38-,40+,41-,42+,43+,44-,46-,48+,49+,50-,51-/m0/s1. The highest BCUT2D eigenvalue weighted by Crippen LogP contribution is 2.41. The average molecular weight is 1060 g/mol. The molecule has 3 fully saturated rings. The van der Waals surface area contributed by atoms with E-state index in [0.29, 0.717) is 5.56 Å². The number of fused-ring (bicyclic) bond motifs is 1. The second-order valence-corrected chi connectivity index (χ2v) is 17.9. The van der Waals surface area contributed by atoms with Gasteiger partial charge in [-0.1, -0.05) is 18.2 Å². The summed E-state index contributed by atoms with van der Waals surface area (Å²) in [5.41, 5.74) is -1.15. The summed E-state index contributed by atoms with van der Waals surface area (Å²) >= 11 is 0. The minimum absolute atomic E-state index is 0.0878. The number of aliphatic hydroxyl groups is 6. The lowest BCUT2D eigenvalue weighted by Gasteiger charge is -2.47. The second kappa shape index (κ2) is 22.7. The molecule has 13 N–H and O–H groups in total. The molecule has 0 saturated carbocycles. The molecule has 0 spiro atoms. The molecule has 8 rings (SSSR count). The van der Waals surface area contributed by atoms with Gasteiger partial charge in [-0.15, -0.1) is 0 Å². The summed E-state index contributed by atoms with van der Waals surface area (Å²) in [4.78, 5) is 41.4. The third kappa shape index (κ3) is 11.8. The molecule has 3 saturated heterocycles. The van der Waals surface area contributed by atoms with Gasteiger partial charge in [0.15, 0.2) is 59.7 Å². The molecule has 0 aliphatic carbocycles. The first-order valence-electron chi connectivity index (χ1n) is 23.2. The molecule has 406 valence electrons. The molecule has 76 heavy (non-hydrogen) atoms. The number of aromatic hydroxyl groups is 7. The van der Waals surface area contributed by atoms with Crippen LogP contribution in [0, 0.1) is 0 Å². The van der Waals surface area contributed by atoms with Crippen molar-refractivity contribution in [3.05, 3.63) is 106 Å². The number of carbonyl (C=O) groups is 2. The maximum absolute atomic E-state index is 14.6. The Morgan fingerprint density at radius 2 is 1.16 bits per heavy atom. The van der Waals surface area contributed by atoms with Gasteiger partial charge in [-0.25, -0.2) is 9.59 Å². The van der Waals surface area contributed by atoms with Crippen molar-refractivity contribution in [2.24, 2.45) is 0 Å². The Hall–Kier alpha value is -7.53. The monoisotopic (exact) mass is 1060 g/mol. The fraction of sp³-hybridized carbons (Fsp3) is 0.353. The molecule has 3 aliphatic heterocycles. The van der Waals surface area contributed by atoms with Crippen molar-refractivity contribution in [3.8, 4) is 57.3 Å². The van der Waals surface area contributed by atoms with E-state index in [1.807, 2.05) is 0 Å². The Morgan fingerprint density at radius 1 is 0.553 bits per heavy atom. The average Bonchev–Trinajstić information content (AvgIpc) is 3.37. The Kier molecular flexibility index (Phi) is 16.4. The molecule has 4 aromatic carbocycles. The predicted molar refractivity (Wildman–Crippen MR) is 255 cm³/mol. The third-order valence-corrected chi connectivity index (χ3v) is 12.5. The van der Waals surface area contributed by atoms with Crippen LogP contribution >= 0.6 is 0 Å². The minimum atomic E-state index is -2.22. The number of rotatable bonds is 14. The first kappa shape index (κ1) is 54.7. The highest BCUT2D eigenvalue weighted by Gasteiger charge is 2.55. The molecule has 25 nitrogen and oxygen atoms in total. The van der Waals surface area contributed by atoms with Crippen LogP contribution in [0.1, 0.15) is 25.0 Å². The molecule has 0 amide bonds. The van der Waals surface area contributed by atoms with E-state index in [2.05, 4.69) is 0 Å². The largest absolute Gasteiger partial charge is 0.508 e. The summed E-state index contributed by atoms with van der Waals surface area (Å²) in [7, 11) is 0. The Balaban J connectivity index is 1.18. The molecule has 0 radical (unpaired) electrons. The lowest BCUT2D eigenvalue weighted by molar-refractivity contribution is -0.360. The number of esters is 2. The van der Waals surface area contributed by atoms with Crippen molar-refractivity contribution in [2.45, 2.75) is 106 Å². The van der Waals surface area contributed by atoms with Gasteiger partial charge in [0.05, 0.1) is 18.8 Å². The zero-order valence-corrected chi connectivity index (χ0v) is 39.8. The number of ether oxygens (including phenoxy) is 8. The quantitative estimate of drug-likeness (QED) is 0.0416. The number of hydrogen-bond acceptors (Lipinski definition) is 25. The number of benzene rings is 4. The molecule has 1 aromatic heterocycles. The zero-order valence-electron chi connectivity index (χ0n) is 39.8. The summed E-state index contributed by atoms with van der Waals surface area (Å²) in [6.07, 6.45) is -23.2. The van der Waals surface area contributed by atoms with Gasteiger partial charge < -0.3 is 109 Å². The molecular weight excluding hydrogens is 1010 g/mol. The number of carbonyl (C=O) groups excluding carboxylic acids is 2. The van der Waals surface area contributed by atoms with Gasteiger partial charge in [0.25, 0.3) is 0 Å². The van der Waals surface area contributed by atoms with Crippen LogP contribution in [0.4, 0.5) is 0 Å². The second-order valence-electron chi connectivity index (χ2n) is 17.9. The van der Waals surface area contributed by atoms with Crippen molar-refractivity contribution in [2.75, 3.05) is 6.61 Å². The Bertz CT molecular complexity index is 3030. The molecule has 0 unspecified atom stereocenters. The van der Waals surface area contributed by atoms with Crippen LogP contribution in [0.25, 0.3) is 34.4 Å². The molecule has 5 aromatic rings. The van der Waals surface area contributed by atoms with Crippen molar-refractivity contribution >= 4 is 35.1 Å². The van der Waals surface area contributed by atoms with E-state index >= 15 is 0 Å². The van der Waals surface area contributed by atoms with Gasteiger partial charge >= 0.3 is 11.9 Å². The third-order valence-electron chi connectivity index (χ3n) is 12.5. The Labute approximate surface area is 428 Å². The maximum atomic E-state index is 14.6. The highest BCUT2D eigenvalue weighted by molar-refractivity contribution is 5.89. The highest BCUT2D eigenvalue weighted by atomic mass is 16.8. The van der Waals surface area contributed by atoms with Gasteiger partial charge in [-0.2, -0.15) is 0 Å². The molecule has 0 bridgehead atoms. The first-order chi connectivity index (χ1) is 36.1. The fourth-order valence-corrected chi connectivity index (χ4v) is 8.43. The number of hydrogen-bond donors (Lipinski definition) is 13. The van der Waals surface area contributed by atoms with Crippen LogP contribution < -0.4 is 10.2 Å². The number of aliphatic hydroxyl groups excluding tert-OH is 6. The Morgan fingerprint density at radius 3 is 1.83 bits per heavy atom. The van der Waals surface area contributed by atoms with Crippen molar-refractivity contribution in [1.82, 2.24) is 0 Å². The minimum Gasteiger partial charge on any atom is -0.508 e. The van der Waals surface area contributed by atoms with Crippen molar-refractivity contribution in [1.29, 1.82) is 0 Å². The van der Waals surface area contributed by atoms with E-state index in [1.54, 1.807) is 0 Å². The number of phenols is 7. The molecular formula is C51H52O25. The lowest BCUT2D eigenvalue weighted by Crippen LogP contribution is -2.66. The predicted octanol–water partition coefficient (Wildman–Crippen LogP) is 0.810. The maximum Gasteiger partial charge on any atom is 0.331 e. The fourth-order valence-electron chi connectivity index (χ4n) is 8.43. The van der Waals surface area contributed by atoms with Crippen molar-refractivity contribution in [3.63, 3.8) is 0 Å². The molecule has 15 atom stereocenters. The lowest BCUT2D eigenvalue weighted by atomic mass is 9.96. The van der Waals surface area contributed by atoms with Gasteiger partial charge in [-0.05, 0) is 79.6 Å². The van der Waals surface area contributed by atoms with E-state index in [1.165, 1.54) is 68.5 Å². The summed E-state index contributed by atoms with van der Waals surface area (Å²) in [6.45, 7) is 1.85.